The van der Waals surface area contributed by atoms with Gasteiger partial charge in [0, 0.05) is 62.0 Å². The van der Waals surface area contributed by atoms with Gasteiger partial charge in [-0.15, -0.1) is 24.9 Å². The van der Waals surface area contributed by atoms with Crippen molar-refractivity contribution in [3.63, 3.8) is 0 Å². The molecule has 3 amide bonds. The van der Waals surface area contributed by atoms with Crippen LogP contribution in [0.4, 0.5) is 11.4 Å². The molecule has 3 aliphatic heterocycles. The van der Waals surface area contributed by atoms with Crippen molar-refractivity contribution in [2.45, 2.75) is 68.9 Å². The molecular weight excluding hydrogens is 548 g/mol. The Bertz CT molecular complexity index is 1170. The van der Waals surface area contributed by atoms with E-state index in [-0.39, 0.29) is 30.9 Å². The molecule has 0 radical (unpaired) electrons. The molecule has 1 aromatic rings. The predicted molar refractivity (Wildman–Crippen MR) is 172 cm³/mol. The van der Waals surface area contributed by atoms with Gasteiger partial charge < -0.3 is 24.7 Å². The van der Waals surface area contributed by atoms with E-state index in [0.29, 0.717) is 32.5 Å². The molecule has 8 nitrogen and oxygen atoms in total. The van der Waals surface area contributed by atoms with Crippen LogP contribution in [0.15, 0.2) is 49.6 Å². The largest absolute Gasteiger partial charge is 0.396 e. The van der Waals surface area contributed by atoms with Gasteiger partial charge in [0.25, 0.3) is 5.91 Å². The van der Waals surface area contributed by atoms with Crippen LogP contribution in [0.3, 0.4) is 0 Å². The van der Waals surface area contributed by atoms with Gasteiger partial charge in [0.1, 0.15) is 6.04 Å². The molecule has 3 saturated heterocycles. The number of anilines is 2. The number of fused-ring (bicyclic) bond motifs is 1. The standard InChI is InChI=1S/C33H48N4O4S/c1-7-19-35(20-8-2)29(39)26-27-30(40)37(22-12-23-38)28(33(27)18-17-32(26,6)42-33)31(41)36(21-9-3)25-15-13-24(14-16-25)34(10-4)11-5/h7,9,13-16,26-28,38H,1,3,8,10-12,17-23H2,2,4-6H3/t26-,27+,28?,32+,33?/m1/s1. The molecule has 9 heteroatoms. The molecule has 3 fully saturated rings. The normalized spacial score (nSPS) is 27.6. The van der Waals surface area contributed by atoms with Gasteiger partial charge in [0.05, 0.1) is 16.6 Å². The molecule has 0 saturated carbocycles. The summed E-state index contributed by atoms with van der Waals surface area (Å²) in [4.78, 5) is 50.7. The number of thioether (sulfide) groups is 1. The van der Waals surface area contributed by atoms with Crippen LogP contribution in [0.25, 0.3) is 0 Å². The fourth-order valence-corrected chi connectivity index (χ4v) is 9.85. The van der Waals surface area contributed by atoms with Crippen molar-refractivity contribution in [1.82, 2.24) is 9.80 Å². The minimum Gasteiger partial charge on any atom is -0.396 e. The van der Waals surface area contributed by atoms with Crippen LogP contribution in [-0.2, 0) is 14.4 Å². The van der Waals surface area contributed by atoms with Crippen LogP contribution in [0.5, 0.6) is 0 Å². The summed E-state index contributed by atoms with van der Waals surface area (Å²) in [5.41, 5.74) is 1.84. The molecule has 0 aromatic heterocycles. The molecule has 230 valence electrons. The number of rotatable bonds is 15. The Hall–Kier alpha value is -2.78. The highest BCUT2D eigenvalue weighted by Gasteiger charge is 2.77. The zero-order chi connectivity index (χ0) is 30.7. The predicted octanol–water partition coefficient (Wildman–Crippen LogP) is 4.34. The number of nitrogens with zero attached hydrogens (tertiary/aromatic N) is 4. The van der Waals surface area contributed by atoms with Gasteiger partial charge in [-0.25, -0.2) is 0 Å². The molecule has 1 aromatic carbocycles. The Labute approximate surface area is 255 Å². The van der Waals surface area contributed by atoms with Crippen molar-refractivity contribution in [2.75, 3.05) is 55.7 Å². The zero-order valence-corrected chi connectivity index (χ0v) is 26.6. The number of benzene rings is 1. The number of aliphatic hydroxyl groups excluding tert-OH is 1. The van der Waals surface area contributed by atoms with E-state index in [1.54, 1.807) is 33.7 Å². The molecule has 3 aliphatic rings. The third-order valence-corrected chi connectivity index (χ3v) is 11.3. The van der Waals surface area contributed by atoms with Gasteiger partial charge in [0.15, 0.2) is 0 Å². The minimum atomic E-state index is -0.729. The van der Waals surface area contributed by atoms with Gasteiger partial charge in [-0.1, -0.05) is 19.1 Å². The van der Waals surface area contributed by atoms with Gasteiger partial charge in [-0.2, -0.15) is 0 Å². The first kappa shape index (κ1) is 32.1. The topological polar surface area (TPSA) is 84.4 Å². The number of hydrogen-bond acceptors (Lipinski definition) is 6. The quantitative estimate of drug-likeness (QED) is 0.304. The third kappa shape index (κ3) is 5.39. The number of hydrogen-bond donors (Lipinski definition) is 1. The first-order chi connectivity index (χ1) is 20.2. The van der Waals surface area contributed by atoms with Gasteiger partial charge in [-0.05, 0) is 70.7 Å². The van der Waals surface area contributed by atoms with Crippen molar-refractivity contribution >= 4 is 40.9 Å². The van der Waals surface area contributed by atoms with E-state index < -0.39 is 27.4 Å². The van der Waals surface area contributed by atoms with Crippen molar-refractivity contribution in [2.24, 2.45) is 11.8 Å². The van der Waals surface area contributed by atoms with Gasteiger partial charge in [0.2, 0.25) is 11.8 Å². The lowest BCUT2D eigenvalue weighted by atomic mass is 9.66. The number of carbonyl (C=O) groups is 3. The highest BCUT2D eigenvalue weighted by molar-refractivity contribution is 8.02. The average molecular weight is 597 g/mol. The Morgan fingerprint density at radius 1 is 1.05 bits per heavy atom. The highest BCUT2D eigenvalue weighted by Crippen LogP contribution is 2.71. The summed E-state index contributed by atoms with van der Waals surface area (Å²) in [6.45, 7) is 19.5. The molecule has 5 atom stereocenters. The summed E-state index contributed by atoms with van der Waals surface area (Å²) in [5.74, 6) is -1.40. The van der Waals surface area contributed by atoms with E-state index in [4.69, 9.17) is 0 Å². The second-order valence-electron chi connectivity index (χ2n) is 11.8. The smallest absolute Gasteiger partial charge is 0.251 e. The molecule has 42 heavy (non-hydrogen) atoms. The fraction of sp³-hybridized carbons (Fsp3) is 0.606. The molecule has 1 spiro atoms. The molecule has 3 heterocycles. The Balaban J connectivity index is 1.75. The third-order valence-electron chi connectivity index (χ3n) is 9.36. The van der Waals surface area contributed by atoms with E-state index >= 15 is 0 Å². The van der Waals surface area contributed by atoms with Crippen LogP contribution < -0.4 is 9.80 Å². The van der Waals surface area contributed by atoms with E-state index in [2.05, 4.69) is 38.8 Å². The van der Waals surface area contributed by atoms with E-state index in [1.807, 2.05) is 36.1 Å². The minimum absolute atomic E-state index is 0.0168. The zero-order valence-electron chi connectivity index (χ0n) is 25.8. The maximum atomic E-state index is 14.7. The molecule has 2 bridgehead atoms. The number of carbonyl (C=O) groups excluding carboxylic acids is 3. The summed E-state index contributed by atoms with van der Waals surface area (Å²) >= 11 is 1.68. The van der Waals surface area contributed by atoms with Crippen molar-refractivity contribution < 1.29 is 19.5 Å². The van der Waals surface area contributed by atoms with Crippen molar-refractivity contribution in [3.8, 4) is 0 Å². The average Bonchev–Trinajstić information content (AvgIpc) is 3.55. The summed E-state index contributed by atoms with van der Waals surface area (Å²) in [5, 5.41) is 9.70. The van der Waals surface area contributed by atoms with Crippen LogP contribution in [0.2, 0.25) is 0 Å². The molecule has 1 N–H and O–H groups in total. The van der Waals surface area contributed by atoms with Crippen molar-refractivity contribution in [1.29, 1.82) is 0 Å². The number of amides is 3. The van der Waals surface area contributed by atoms with Crippen LogP contribution >= 0.6 is 11.8 Å². The van der Waals surface area contributed by atoms with E-state index in [1.165, 1.54) is 0 Å². The number of aliphatic hydroxyl groups is 1. The molecule has 2 unspecified atom stereocenters. The molecular formula is C33H48N4O4S. The monoisotopic (exact) mass is 596 g/mol. The second kappa shape index (κ2) is 13.2. The summed E-state index contributed by atoms with van der Waals surface area (Å²) in [6.07, 6.45) is 6.10. The first-order valence-electron chi connectivity index (χ1n) is 15.5. The van der Waals surface area contributed by atoms with Crippen LogP contribution in [-0.4, -0.2) is 94.0 Å². The highest BCUT2D eigenvalue weighted by atomic mass is 32.2. The first-order valence-corrected chi connectivity index (χ1v) is 16.3. The Morgan fingerprint density at radius 3 is 2.26 bits per heavy atom. The molecule has 0 aliphatic carbocycles. The lowest BCUT2D eigenvalue weighted by Gasteiger charge is -2.38. The maximum Gasteiger partial charge on any atom is 0.251 e. The van der Waals surface area contributed by atoms with Gasteiger partial charge in [-0.3, -0.25) is 14.4 Å². The van der Waals surface area contributed by atoms with E-state index in [9.17, 15) is 19.5 Å². The Morgan fingerprint density at radius 2 is 1.69 bits per heavy atom. The van der Waals surface area contributed by atoms with Crippen molar-refractivity contribution in [3.05, 3.63) is 49.6 Å². The summed E-state index contributed by atoms with van der Waals surface area (Å²) in [7, 11) is 0. The van der Waals surface area contributed by atoms with E-state index in [0.717, 1.165) is 37.3 Å². The van der Waals surface area contributed by atoms with Crippen LogP contribution in [0, 0.1) is 11.8 Å². The summed E-state index contributed by atoms with van der Waals surface area (Å²) in [6, 6.07) is 7.26. The second-order valence-corrected chi connectivity index (χ2v) is 13.7. The SMILES string of the molecule is C=CCN(CCC)C(=O)[C@H]1[C@H]2C(=O)N(CCCO)C(C(=O)N(CC=C)c3ccc(N(CC)CC)cc3)C23CC[C@]1(C)S3. The molecule has 4 rings (SSSR count). The van der Waals surface area contributed by atoms with Gasteiger partial charge >= 0.3 is 0 Å². The fourth-order valence-electron chi connectivity index (χ4n) is 7.51. The maximum absolute atomic E-state index is 14.7. The summed E-state index contributed by atoms with van der Waals surface area (Å²) < 4.78 is -1.13. The lowest BCUT2D eigenvalue weighted by molar-refractivity contribution is -0.145. The Kier molecular flexibility index (Phi) is 10.1. The number of likely N-dealkylation sites (tertiary alicyclic amines) is 1. The van der Waals surface area contributed by atoms with Crippen LogP contribution in [0.1, 0.15) is 53.4 Å². The lowest BCUT2D eigenvalue weighted by Crippen LogP contribution is -2.55.